The molecular formula is C10H12O4S. The van der Waals surface area contributed by atoms with E-state index in [-0.39, 0.29) is 35.8 Å². The van der Waals surface area contributed by atoms with Crippen LogP contribution in [-0.2, 0) is 19.1 Å². The minimum Gasteiger partial charge on any atom is -0.458 e. The van der Waals surface area contributed by atoms with Crippen LogP contribution in [0.5, 0.6) is 0 Å². The summed E-state index contributed by atoms with van der Waals surface area (Å²) in [6.07, 6.45) is 1.40. The van der Waals surface area contributed by atoms with Crippen LogP contribution in [0.1, 0.15) is 12.8 Å². The summed E-state index contributed by atoms with van der Waals surface area (Å²) in [6.45, 7) is 0. The van der Waals surface area contributed by atoms with Crippen LogP contribution in [0, 0.1) is 17.8 Å². The van der Waals surface area contributed by atoms with Gasteiger partial charge in [0.05, 0.1) is 11.7 Å². The molecule has 1 aliphatic heterocycles. The molecule has 2 saturated carbocycles. The molecule has 0 aromatic carbocycles. The average molecular weight is 228 g/mol. The highest BCUT2D eigenvalue weighted by Crippen LogP contribution is 2.55. The highest BCUT2D eigenvalue weighted by atomic mass is 32.1. The number of carbonyl (C=O) groups excluding carboxylic acids is 2. The Hall–Kier alpha value is -0.710. The van der Waals surface area contributed by atoms with Gasteiger partial charge in [-0.05, 0) is 12.8 Å². The first-order valence-electron chi connectivity index (χ1n) is 5.21. The van der Waals surface area contributed by atoms with Gasteiger partial charge in [-0.3, -0.25) is 9.59 Å². The molecule has 82 valence electrons. The highest BCUT2D eigenvalue weighted by Gasteiger charge is 2.63. The van der Waals surface area contributed by atoms with Crippen LogP contribution in [0.4, 0.5) is 0 Å². The molecule has 0 spiro atoms. The fourth-order valence-corrected chi connectivity index (χ4v) is 3.33. The lowest BCUT2D eigenvalue weighted by molar-refractivity contribution is -0.159. The van der Waals surface area contributed by atoms with Crippen molar-refractivity contribution in [1.82, 2.24) is 0 Å². The van der Waals surface area contributed by atoms with Gasteiger partial charge in [-0.25, -0.2) is 0 Å². The molecule has 0 N–H and O–H groups in total. The fraction of sp³-hybridized carbons (Fsp3) is 0.800. The van der Waals surface area contributed by atoms with E-state index in [1.807, 2.05) is 0 Å². The smallest absolute Gasteiger partial charge is 0.316 e. The lowest BCUT2D eigenvalue weighted by Crippen LogP contribution is -2.36. The molecule has 0 radical (unpaired) electrons. The predicted octanol–water partition coefficient (Wildman–Crippen LogP) is 0.409. The van der Waals surface area contributed by atoms with Crippen LogP contribution in [-0.4, -0.2) is 29.9 Å². The molecule has 2 bridgehead atoms. The molecule has 4 nitrogen and oxygen atoms in total. The monoisotopic (exact) mass is 228 g/mol. The van der Waals surface area contributed by atoms with Gasteiger partial charge in [0.1, 0.15) is 12.2 Å². The van der Waals surface area contributed by atoms with E-state index < -0.39 is 0 Å². The number of fused-ring (bicyclic) bond motifs is 1. The number of esters is 2. The Morgan fingerprint density at radius 1 is 1.53 bits per heavy atom. The van der Waals surface area contributed by atoms with Gasteiger partial charge in [0.15, 0.2) is 0 Å². The zero-order valence-corrected chi connectivity index (χ0v) is 8.98. The van der Waals surface area contributed by atoms with Crippen LogP contribution in [0.3, 0.4) is 0 Å². The summed E-state index contributed by atoms with van der Waals surface area (Å²) in [7, 11) is 0. The molecule has 5 heteroatoms. The zero-order valence-electron chi connectivity index (χ0n) is 8.09. The largest absolute Gasteiger partial charge is 0.458 e. The third kappa shape index (κ3) is 1.22. The van der Waals surface area contributed by atoms with E-state index in [1.165, 1.54) is 0 Å². The molecule has 3 rings (SSSR count). The quantitative estimate of drug-likeness (QED) is 0.549. The summed E-state index contributed by atoms with van der Waals surface area (Å²) in [5.74, 6) is 0.344. The maximum absolute atomic E-state index is 11.4. The number of rotatable bonds is 2. The first-order chi connectivity index (χ1) is 7.20. The summed E-state index contributed by atoms with van der Waals surface area (Å²) >= 11 is 3.86. The number of ether oxygens (including phenoxy) is 2. The van der Waals surface area contributed by atoms with Gasteiger partial charge in [-0.15, -0.1) is 0 Å². The van der Waals surface area contributed by atoms with E-state index in [2.05, 4.69) is 12.6 Å². The summed E-state index contributed by atoms with van der Waals surface area (Å²) in [4.78, 5) is 22.6. The van der Waals surface area contributed by atoms with Crippen molar-refractivity contribution in [3.8, 4) is 0 Å². The SMILES string of the molecule is O=C(CS)OC1C2CC3C(=O)OC1C3C2. The first kappa shape index (κ1) is 9.51. The molecule has 1 saturated heterocycles. The van der Waals surface area contributed by atoms with Gasteiger partial charge in [-0.2, -0.15) is 12.6 Å². The molecule has 15 heavy (non-hydrogen) atoms. The second-order valence-corrected chi connectivity index (χ2v) is 4.83. The number of hydrogen-bond donors (Lipinski definition) is 1. The van der Waals surface area contributed by atoms with Gasteiger partial charge in [0.2, 0.25) is 0 Å². The highest BCUT2D eigenvalue weighted by molar-refractivity contribution is 7.81. The molecule has 0 aromatic heterocycles. The van der Waals surface area contributed by atoms with Crippen molar-refractivity contribution in [3.05, 3.63) is 0 Å². The van der Waals surface area contributed by atoms with E-state index in [0.29, 0.717) is 11.8 Å². The van der Waals surface area contributed by atoms with E-state index in [0.717, 1.165) is 12.8 Å². The van der Waals surface area contributed by atoms with Crippen molar-refractivity contribution in [2.45, 2.75) is 25.0 Å². The standard InChI is InChI=1S/C10H12O4S/c11-7(3-15)13-8-4-1-5-6(2-4)10(12)14-9(5)8/h4-6,8-9,15H,1-3H2. The van der Waals surface area contributed by atoms with Crippen molar-refractivity contribution in [1.29, 1.82) is 0 Å². The van der Waals surface area contributed by atoms with Crippen LogP contribution < -0.4 is 0 Å². The molecular weight excluding hydrogens is 216 g/mol. The van der Waals surface area contributed by atoms with Crippen molar-refractivity contribution < 1.29 is 19.1 Å². The molecule has 3 aliphatic rings. The molecule has 3 fully saturated rings. The number of thiol groups is 1. The summed E-state index contributed by atoms with van der Waals surface area (Å²) < 4.78 is 10.5. The Labute approximate surface area is 92.7 Å². The summed E-state index contributed by atoms with van der Waals surface area (Å²) in [5.41, 5.74) is 0. The number of hydrogen-bond acceptors (Lipinski definition) is 5. The van der Waals surface area contributed by atoms with E-state index >= 15 is 0 Å². The number of carbonyl (C=O) groups is 2. The Morgan fingerprint density at radius 2 is 2.33 bits per heavy atom. The first-order valence-corrected chi connectivity index (χ1v) is 5.85. The Bertz CT molecular complexity index is 329. The van der Waals surface area contributed by atoms with Gasteiger partial charge in [-0.1, -0.05) is 0 Å². The summed E-state index contributed by atoms with van der Waals surface area (Å²) in [5, 5.41) is 0. The Morgan fingerprint density at radius 3 is 3.07 bits per heavy atom. The lowest BCUT2D eigenvalue weighted by Gasteiger charge is -2.24. The van der Waals surface area contributed by atoms with Gasteiger partial charge in [0, 0.05) is 11.8 Å². The minimum absolute atomic E-state index is 0.0750. The maximum Gasteiger partial charge on any atom is 0.316 e. The normalized spacial score (nSPS) is 45.7. The molecule has 0 aromatic rings. The maximum atomic E-state index is 11.4. The lowest BCUT2D eigenvalue weighted by atomic mass is 9.88. The van der Waals surface area contributed by atoms with E-state index in [4.69, 9.17) is 9.47 Å². The van der Waals surface area contributed by atoms with Crippen LogP contribution in [0.15, 0.2) is 0 Å². The molecule has 0 amide bonds. The fourth-order valence-electron chi connectivity index (χ4n) is 3.25. The minimum atomic E-state index is -0.324. The topological polar surface area (TPSA) is 52.6 Å². The van der Waals surface area contributed by atoms with E-state index in [1.54, 1.807) is 0 Å². The summed E-state index contributed by atoms with van der Waals surface area (Å²) in [6, 6.07) is 0. The van der Waals surface area contributed by atoms with Crippen LogP contribution in [0.2, 0.25) is 0 Å². The molecule has 5 atom stereocenters. The zero-order chi connectivity index (χ0) is 10.6. The van der Waals surface area contributed by atoms with Crippen molar-refractivity contribution >= 4 is 24.6 Å². The van der Waals surface area contributed by atoms with Gasteiger partial charge >= 0.3 is 11.9 Å². The predicted molar refractivity (Wildman–Crippen MR) is 53.3 cm³/mol. The molecule has 5 unspecified atom stereocenters. The van der Waals surface area contributed by atoms with Crippen molar-refractivity contribution in [3.63, 3.8) is 0 Å². The Kier molecular flexibility index (Phi) is 1.99. The average Bonchev–Trinajstić information content (AvgIpc) is 2.81. The molecule has 1 heterocycles. The third-order valence-electron chi connectivity index (χ3n) is 3.81. The van der Waals surface area contributed by atoms with Gasteiger partial charge in [0.25, 0.3) is 0 Å². The van der Waals surface area contributed by atoms with Gasteiger partial charge < -0.3 is 9.47 Å². The molecule has 2 aliphatic carbocycles. The van der Waals surface area contributed by atoms with Crippen LogP contribution >= 0.6 is 12.6 Å². The van der Waals surface area contributed by atoms with Crippen LogP contribution in [0.25, 0.3) is 0 Å². The second kappa shape index (κ2) is 3.14. The van der Waals surface area contributed by atoms with E-state index in [9.17, 15) is 9.59 Å². The van der Waals surface area contributed by atoms with Crippen molar-refractivity contribution in [2.75, 3.05) is 5.75 Å². The Balaban J connectivity index is 1.78. The second-order valence-electron chi connectivity index (χ2n) is 4.52. The van der Waals surface area contributed by atoms with Crippen molar-refractivity contribution in [2.24, 2.45) is 17.8 Å². The third-order valence-corrected chi connectivity index (χ3v) is 4.07.